The van der Waals surface area contributed by atoms with Crippen LogP contribution in [-0.4, -0.2) is 6.26 Å². The lowest BCUT2D eigenvalue weighted by molar-refractivity contribution is 0.869. The summed E-state index contributed by atoms with van der Waals surface area (Å²) in [6, 6.07) is 13.4. The molecule has 0 bridgehead atoms. The van der Waals surface area contributed by atoms with Crippen molar-refractivity contribution in [3.8, 4) is 0 Å². The van der Waals surface area contributed by atoms with Crippen molar-refractivity contribution in [2.45, 2.75) is 24.7 Å². The number of hydrogen-bond acceptors (Lipinski definition) is 1. The minimum absolute atomic E-state index is 0.606. The Morgan fingerprint density at radius 3 is 2.27 bits per heavy atom. The quantitative estimate of drug-likeness (QED) is 0.656. The Balaban J connectivity index is 2.55. The molecule has 15 heavy (non-hydrogen) atoms. The molecule has 1 heteroatoms. The Kier molecular flexibility index (Phi) is 3.01. The van der Waals surface area contributed by atoms with E-state index in [-0.39, 0.29) is 0 Å². The van der Waals surface area contributed by atoms with Gasteiger partial charge < -0.3 is 0 Å². The highest BCUT2D eigenvalue weighted by atomic mass is 32.2. The predicted octanol–water partition coefficient (Wildman–Crippen LogP) is 4.69. The van der Waals surface area contributed by atoms with Crippen molar-refractivity contribution in [1.29, 1.82) is 0 Å². The first kappa shape index (κ1) is 10.6. The summed E-state index contributed by atoms with van der Waals surface area (Å²) < 4.78 is 0. The SMILES string of the molecule is CSc1ccc2cc(C(C)C)ccc2c1. The van der Waals surface area contributed by atoms with Crippen molar-refractivity contribution in [3.63, 3.8) is 0 Å². The zero-order chi connectivity index (χ0) is 10.8. The third-order valence-electron chi connectivity index (χ3n) is 2.74. The molecule has 0 amide bonds. The molecule has 0 fully saturated rings. The van der Waals surface area contributed by atoms with Crippen LogP contribution in [0.15, 0.2) is 41.3 Å². The van der Waals surface area contributed by atoms with E-state index in [2.05, 4.69) is 56.5 Å². The van der Waals surface area contributed by atoms with Crippen molar-refractivity contribution in [2.75, 3.05) is 6.26 Å². The summed E-state index contributed by atoms with van der Waals surface area (Å²) >= 11 is 1.79. The Hall–Kier alpha value is -0.950. The standard InChI is InChI=1S/C14H16S/c1-10(2)11-4-5-13-9-14(15-3)7-6-12(13)8-11/h4-10H,1-3H3. The fourth-order valence-corrected chi connectivity index (χ4v) is 2.18. The zero-order valence-electron chi connectivity index (χ0n) is 9.45. The van der Waals surface area contributed by atoms with Gasteiger partial charge in [0.15, 0.2) is 0 Å². The highest BCUT2D eigenvalue weighted by molar-refractivity contribution is 7.98. The molecule has 0 aliphatic carbocycles. The van der Waals surface area contributed by atoms with Gasteiger partial charge in [-0.05, 0) is 40.6 Å². The smallest absolute Gasteiger partial charge is 0.00755 e. The molecule has 0 nitrogen and oxygen atoms in total. The molecule has 2 aromatic carbocycles. The van der Waals surface area contributed by atoms with Gasteiger partial charge in [-0.15, -0.1) is 11.8 Å². The molecule has 0 saturated carbocycles. The maximum atomic E-state index is 2.30. The van der Waals surface area contributed by atoms with Gasteiger partial charge in [-0.25, -0.2) is 0 Å². The molecule has 0 aliphatic heterocycles. The normalized spacial score (nSPS) is 11.2. The average molecular weight is 216 g/mol. The van der Waals surface area contributed by atoms with Crippen LogP contribution in [0.2, 0.25) is 0 Å². The zero-order valence-corrected chi connectivity index (χ0v) is 10.3. The Bertz CT molecular complexity index is 472. The van der Waals surface area contributed by atoms with Crippen LogP contribution >= 0.6 is 11.8 Å². The van der Waals surface area contributed by atoms with E-state index in [0.29, 0.717) is 5.92 Å². The summed E-state index contributed by atoms with van der Waals surface area (Å²) in [6.07, 6.45) is 2.11. The molecule has 0 unspecified atom stereocenters. The number of fused-ring (bicyclic) bond motifs is 1. The minimum atomic E-state index is 0.606. The van der Waals surface area contributed by atoms with E-state index < -0.39 is 0 Å². The van der Waals surface area contributed by atoms with Crippen LogP contribution in [0.4, 0.5) is 0 Å². The molecule has 0 spiro atoms. The lowest BCUT2D eigenvalue weighted by Gasteiger charge is -2.07. The van der Waals surface area contributed by atoms with E-state index in [9.17, 15) is 0 Å². The molecule has 0 N–H and O–H groups in total. The third-order valence-corrected chi connectivity index (χ3v) is 3.46. The number of rotatable bonds is 2. The molecule has 0 atom stereocenters. The van der Waals surface area contributed by atoms with Crippen molar-refractivity contribution < 1.29 is 0 Å². The van der Waals surface area contributed by atoms with Gasteiger partial charge in [0.05, 0.1) is 0 Å². The largest absolute Gasteiger partial charge is 0.130 e. The molecule has 0 heterocycles. The summed E-state index contributed by atoms with van der Waals surface area (Å²) in [5.74, 6) is 0.606. The second-order valence-corrected chi connectivity index (χ2v) is 5.01. The van der Waals surface area contributed by atoms with Crippen LogP contribution in [0.25, 0.3) is 10.8 Å². The highest BCUT2D eigenvalue weighted by Gasteiger charge is 2.01. The number of hydrogen-bond donors (Lipinski definition) is 0. The summed E-state index contributed by atoms with van der Waals surface area (Å²) in [7, 11) is 0. The van der Waals surface area contributed by atoms with E-state index in [0.717, 1.165) is 0 Å². The molecule has 0 aromatic heterocycles. The van der Waals surface area contributed by atoms with E-state index in [1.54, 1.807) is 11.8 Å². The topological polar surface area (TPSA) is 0 Å². The molecule has 0 saturated heterocycles. The number of thioether (sulfide) groups is 1. The molecule has 2 rings (SSSR count). The second-order valence-electron chi connectivity index (χ2n) is 4.13. The summed E-state index contributed by atoms with van der Waals surface area (Å²) in [4.78, 5) is 1.33. The Morgan fingerprint density at radius 1 is 0.933 bits per heavy atom. The van der Waals surface area contributed by atoms with Gasteiger partial charge in [0.25, 0.3) is 0 Å². The molecular weight excluding hydrogens is 200 g/mol. The van der Waals surface area contributed by atoms with Gasteiger partial charge in [-0.3, -0.25) is 0 Å². The van der Waals surface area contributed by atoms with E-state index in [1.807, 2.05) is 0 Å². The van der Waals surface area contributed by atoms with Gasteiger partial charge >= 0.3 is 0 Å². The molecular formula is C14H16S. The molecule has 0 radical (unpaired) electrons. The van der Waals surface area contributed by atoms with Crippen LogP contribution in [0, 0.1) is 0 Å². The van der Waals surface area contributed by atoms with Gasteiger partial charge in [0.2, 0.25) is 0 Å². The number of benzene rings is 2. The van der Waals surface area contributed by atoms with Crippen molar-refractivity contribution in [1.82, 2.24) is 0 Å². The first-order chi connectivity index (χ1) is 7.20. The maximum Gasteiger partial charge on any atom is 0.00755 e. The maximum absolute atomic E-state index is 2.30. The van der Waals surface area contributed by atoms with Gasteiger partial charge in [-0.1, -0.05) is 38.1 Å². The minimum Gasteiger partial charge on any atom is -0.130 e. The Labute approximate surface area is 95.7 Å². The van der Waals surface area contributed by atoms with Crippen LogP contribution < -0.4 is 0 Å². The summed E-state index contributed by atoms with van der Waals surface area (Å²) in [5.41, 5.74) is 1.42. The van der Waals surface area contributed by atoms with Crippen LogP contribution in [0.3, 0.4) is 0 Å². The van der Waals surface area contributed by atoms with E-state index in [4.69, 9.17) is 0 Å². The fourth-order valence-electron chi connectivity index (χ4n) is 1.73. The van der Waals surface area contributed by atoms with Gasteiger partial charge in [-0.2, -0.15) is 0 Å². The summed E-state index contributed by atoms with van der Waals surface area (Å²) in [6.45, 7) is 4.47. The van der Waals surface area contributed by atoms with Crippen molar-refractivity contribution >= 4 is 22.5 Å². The molecule has 78 valence electrons. The molecule has 2 aromatic rings. The average Bonchev–Trinajstić information content (AvgIpc) is 2.27. The second kappa shape index (κ2) is 4.28. The predicted molar refractivity (Wildman–Crippen MR) is 69.8 cm³/mol. The third kappa shape index (κ3) is 2.18. The lowest BCUT2D eigenvalue weighted by Crippen LogP contribution is -1.86. The molecule has 0 aliphatic rings. The summed E-state index contributed by atoms with van der Waals surface area (Å²) in [5, 5.41) is 2.69. The van der Waals surface area contributed by atoms with Gasteiger partial charge in [0, 0.05) is 4.90 Å². The van der Waals surface area contributed by atoms with Crippen LogP contribution in [0.1, 0.15) is 25.3 Å². The van der Waals surface area contributed by atoms with Gasteiger partial charge in [0.1, 0.15) is 0 Å². The highest BCUT2D eigenvalue weighted by Crippen LogP contribution is 2.25. The van der Waals surface area contributed by atoms with E-state index in [1.165, 1.54) is 21.2 Å². The van der Waals surface area contributed by atoms with Crippen LogP contribution in [-0.2, 0) is 0 Å². The monoisotopic (exact) mass is 216 g/mol. The van der Waals surface area contributed by atoms with Crippen molar-refractivity contribution in [2.24, 2.45) is 0 Å². The first-order valence-corrected chi connectivity index (χ1v) is 6.51. The first-order valence-electron chi connectivity index (χ1n) is 5.28. The van der Waals surface area contributed by atoms with Crippen LogP contribution in [0.5, 0.6) is 0 Å². The Morgan fingerprint density at radius 2 is 1.60 bits per heavy atom. The van der Waals surface area contributed by atoms with Crippen molar-refractivity contribution in [3.05, 3.63) is 42.0 Å². The lowest BCUT2D eigenvalue weighted by atomic mass is 9.99. The fraction of sp³-hybridized carbons (Fsp3) is 0.286. The van der Waals surface area contributed by atoms with E-state index >= 15 is 0 Å².